The Bertz CT molecular complexity index is 445. The van der Waals surface area contributed by atoms with Crippen molar-refractivity contribution in [3.8, 4) is 0 Å². The summed E-state index contributed by atoms with van der Waals surface area (Å²) in [5.74, 6) is 1.42. The van der Waals surface area contributed by atoms with E-state index in [1.165, 1.54) is 32.1 Å². The molecule has 1 aliphatic carbocycles. The van der Waals surface area contributed by atoms with E-state index in [1.54, 1.807) is 6.92 Å². The molecule has 112 valence electrons. The van der Waals surface area contributed by atoms with Crippen LogP contribution in [-0.2, 0) is 11.2 Å². The van der Waals surface area contributed by atoms with E-state index >= 15 is 0 Å². The van der Waals surface area contributed by atoms with Crippen LogP contribution in [-0.4, -0.2) is 17.6 Å². The van der Waals surface area contributed by atoms with Crippen LogP contribution < -0.4 is 0 Å². The number of esters is 1. The van der Waals surface area contributed by atoms with Gasteiger partial charge in [0.05, 0.1) is 12.3 Å². The minimum absolute atomic E-state index is 0.165. The lowest BCUT2D eigenvalue weighted by Gasteiger charge is -2.19. The Balaban J connectivity index is 2.13. The SMILES string of the molecule is CCOC(=O)c1oc(CC2CCCCC2)nc1C(C)C. The van der Waals surface area contributed by atoms with Gasteiger partial charge in [-0.15, -0.1) is 0 Å². The van der Waals surface area contributed by atoms with E-state index in [2.05, 4.69) is 4.98 Å². The van der Waals surface area contributed by atoms with Gasteiger partial charge in [0.1, 0.15) is 0 Å². The normalized spacial score (nSPS) is 16.6. The third kappa shape index (κ3) is 3.62. The van der Waals surface area contributed by atoms with Gasteiger partial charge in [-0.1, -0.05) is 33.1 Å². The molecule has 0 aliphatic heterocycles. The van der Waals surface area contributed by atoms with Gasteiger partial charge in [0.15, 0.2) is 5.89 Å². The molecule has 0 spiro atoms. The smallest absolute Gasteiger partial charge is 0.376 e. The summed E-state index contributed by atoms with van der Waals surface area (Å²) in [6, 6.07) is 0. The highest BCUT2D eigenvalue weighted by atomic mass is 16.5. The van der Waals surface area contributed by atoms with Gasteiger partial charge in [-0.2, -0.15) is 0 Å². The maximum Gasteiger partial charge on any atom is 0.376 e. The molecule has 20 heavy (non-hydrogen) atoms. The van der Waals surface area contributed by atoms with E-state index in [-0.39, 0.29) is 5.92 Å². The summed E-state index contributed by atoms with van der Waals surface area (Å²) in [4.78, 5) is 16.5. The van der Waals surface area contributed by atoms with E-state index in [9.17, 15) is 4.79 Å². The summed E-state index contributed by atoms with van der Waals surface area (Å²) in [6.07, 6.45) is 7.27. The van der Waals surface area contributed by atoms with Crippen LogP contribution >= 0.6 is 0 Å². The van der Waals surface area contributed by atoms with Crippen molar-refractivity contribution in [1.82, 2.24) is 4.98 Å². The molecule has 0 saturated heterocycles. The molecular formula is C16H25NO3. The van der Waals surface area contributed by atoms with Crippen LogP contribution in [0.2, 0.25) is 0 Å². The maximum absolute atomic E-state index is 11.9. The Morgan fingerprint density at radius 3 is 2.65 bits per heavy atom. The quantitative estimate of drug-likeness (QED) is 0.761. The maximum atomic E-state index is 11.9. The van der Waals surface area contributed by atoms with Gasteiger partial charge >= 0.3 is 5.97 Å². The molecule has 1 saturated carbocycles. The average molecular weight is 279 g/mol. The lowest BCUT2D eigenvalue weighted by molar-refractivity contribution is 0.0485. The first-order valence-corrected chi connectivity index (χ1v) is 7.78. The van der Waals surface area contributed by atoms with Gasteiger partial charge in [0.25, 0.3) is 0 Å². The van der Waals surface area contributed by atoms with Crippen LogP contribution in [0.4, 0.5) is 0 Å². The molecule has 1 aromatic heterocycles. The largest absolute Gasteiger partial charge is 0.460 e. The predicted octanol–water partition coefficient (Wildman–Crippen LogP) is 4.10. The van der Waals surface area contributed by atoms with Crippen molar-refractivity contribution in [1.29, 1.82) is 0 Å². The molecule has 2 rings (SSSR count). The van der Waals surface area contributed by atoms with Crippen LogP contribution in [0.25, 0.3) is 0 Å². The Labute approximate surface area is 120 Å². The number of hydrogen-bond donors (Lipinski definition) is 0. The highest BCUT2D eigenvalue weighted by molar-refractivity contribution is 5.87. The number of ether oxygens (including phenoxy) is 1. The number of hydrogen-bond acceptors (Lipinski definition) is 4. The fourth-order valence-corrected chi connectivity index (χ4v) is 2.84. The zero-order chi connectivity index (χ0) is 14.5. The van der Waals surface area contributed by atoms with Crippen molar-refractivity contribution in [2.24, 2.45) is 5.92 Å². The summed E-state index contributed by atoms with van der Waals surface area (Å²) < 4.78 is 10.8. The van der Waals surface area contributed by atoms with Crippen molar-refractivity contribution in [3.05, 3.63) is 17.3 Å². The van der Waals surface area contributed by atoms with Gasteiger partial charge in [-0.3, -0.25) is 0 Å². The molecule has 1 heterocycles. The molecule has 0 N–H and O–H groups in total. The third-order valence-corrected chi connectivity index (χ3v) is 3.89. The predicted molar refractivity (Wildman–Crippen MR) is 76.8 cm³/mol. The first-order valence-electron chi connectivity index (χ1n) is 7.78. The fourth-order valence-electron chi connectivity index (χ4n) is 2.84. The summed E-state index contributed by atoms with van der Waals surface area (Å²) in [5.41, 5.74) is 0.731. The summed E-state index contributed by atoms with van der Waals surface area (Å²) in [7, 11) is 0. The Kier molecular flexibility index (Phi) is 5.21. The lowest BCUT2D eigenvalue weighted by atomic mass is 9.87. The Hall–Kier alpha value is -1.32. The lowest BCUT2D eigenvalue weighted by Crippen LogP contribution is -2.09. The molecule has 0 atom stereocenters. The topological polar surface area (TPSA) is 52.3 Å². The van der Waals surface area contributed by atoms with Gasteiger partial charge in [-0.05, 0) is 31.6 Å². The first kappa shape index (κ1) is 15.1. The monoisotopic (exact) mass is 279 g/mol. The fraction of sp³-hybridized carbons (Fsp3) is 0.750. The van der Waals surface area contributed by atoms with Crippen LogP contribution in [0, 0.1) is 5.92 Å². The Morgan fingerprint density at radius 2 is 2.05 bits per heavy atom. The summed E-state index contributed by atoms with van der Waals surface area (Å²) >= 11 is 0. The van der Waals surface area contributed by atoms with Gasteiger partial charge in [0.2, 0.25) is 5.76 Å². The zero-order valence-corrected chi connectivity index (χ0v) is 12.8. The van der Waals surface area contributed by atoms with Crippen molar-refractivity contribution in [2.45, 2.75) is 65.2 Å². The number of carbonyl (C=O) groups is 1. The molecule has 1 fully saturated rings. The molecule has 4 nitrogen and oxygen atoms in total. The number of aromatic nitrogens is 1. The van der Waals surface area contributed by atoms with E-state index in [0.717, 1.165) is 12.1 Å². The molecule has 0 amide bonds. The second-order valence-corrected chi connectivity index (χ2v) is 5.91. The van der Waals surface area contributed by atoms with Crippen LogP contribution in [0.15, 0.2) is 4.42 Å². The molecule has 0 radical (unpaired) electrons. The zero-order valence-electron chi connectivity index (χ0n) is 12.8. The van der Waals surface area contributed by atoms with Gasteiger partial charge in [0, 0.05) is 6.42 Å². The first-order chi connectivity index (χ1) is 9.61. The average Bonchev–Trinajstić information content (AvgIpc) is 2.84. The minimum Gasteiger partial charge on any atom is -0.460 e. The molecule has 1 aromatic rings. The molecular weight excluding hydrogens is 254 g/mol. The molecule has 4 heteroatoms. The van der Waals surface area contributed by atoms with Crippen molar-refractivity contribution in [3.63, 3.8) is 0 Å². The molecule has 0 bridgehead atoms. The number of nitrogens with zero attached hydrogens (tertiary/aromatic N) is 1. The number of oxazole rings is 1. The Morgan fingerprint density at radius 1 is 1.35 bits per heavy atom. The number of rotatable bonds is 5. The number of carbonyl (C=O) groups excluding carboxylic acids is 1. The summed E-state index contributed by atoms with van der Waals surface area (Å²) in [6.45, 7) is 6.19. The van der Waals surface area contributed by atoms with Crippen LogP contribution in [0.5, 0.6) is 0 Å². The second kappa shape index (κ2) is 6.91. The molecule has 1 aliphatic rings. The minimum atomic E-state index is -0.390. The van der Waals surface area contributed by atoms with Crippen molar-refractivity contribution < 1.29 is 13.9 Å². The van der Waals surface area contributed by atoms with E-state index in [4.69, 9.17) is 9.15 Å². The highest BCUT2D eigenvalue weighted by Crippen LogP contribution is 2.28. The van der Waals surface area contributed by atoms with Gasteiger partial charge in [-0.25, -0.2) is 9.78 Å². The van der Waals surface area contributed by atoms with Gasteiger partial charge < -0.3 is 9.15 Å². The van der Waals surface area contributed by atoms with Crippen molar-refractivity contribution >= 4 is 5.97 Å². The van der Waals surface area contributed by atoms with E-state index in [0.29, 0.717) is 24.2 Å². The van der Waals surface area contributed by atoms with Crippen LogP contribution in [0.1, 0.15) is 80.9 Å². The molecule has 0 unspecified atom stereocenters. The van der Waals surface area contributed by atoms with E-state index in [1.807, 2.05) is 13.8 Å². The van der Waals surface area contributed by atoms with Crippen LogP contribution in [0.3, 0.4) is 0 Å². The highest BCUT2D eigenvalue weighted by Gasteiger charge is 2.25. The molecule has 0 aromatic carbocycles. The van der Waals surface area contributed by atoms with E-state index < -0.39 is 5.97 Å². The second-order valence-electron chi connectivity index (χ2n) is 5.91. The third-order valence-electron chi connectivity index (χ3n) is 3.89. The summed E-state index contributed by atoms with van der Waals surface area (Å²) in [5, 5.41) is 0. The van der Waals surface area contributed by atoms with Crippen molar-refractivity contribution in [2.75, 3.05) is 6.61 Å². The standard InChI is InChI=1S/C16H25NO3/c1-4-19-16(18)15-14(11(2)3)17-13(20-15)10-12-8-6-5-7-9-12/h11-12H,4-10H2,1-3H3.